The lowest BCUT2D eigenvalue weighted by atomic mass is 10.1. The Labute approximate surface area is 433 Å². The molecule has 0 unspecified atom stereocenters. The quantitative estimate of drug-likeness (QED) is 0.135. The van der Waals surface area contributed by atoms with Crippen LogP contribution in [0.1, 0.15) is 0 Å². The number of nitrogens with zero attached hydrogens (tertiary/aromatic N) is 8. The molecule has 7 aromatic heterocycles. The molecule has 0 amide bonds. The molecular weight excluding hydrogens is 945 g/mol. The van der Waals surface area contributed by atoms with Gasteiger partial charge < -0.3 is 4.90 Å². The Morgan fingerprint density at radius 2 is 0.919 bits per heavy atom. The van der Waals surface area contributed by atoms with E-state index in [9.17, 15) is 0 Å². The van der Waals surface area contributed by atoms with Crippen LogP contribution >= 0.6 is 22.7 Å². The lowest BCUT2D eigenvalue weighted by Gasteiger charge is -2.26. The largest absolute Gasteiger partial charge is 0.310 e. The van der Waals surface area contributed by atoms with Crippen LogP contribution in [-0.4, -0.2) is 34.5 Å². The van der Waals surface area contributed by atoms with Crippen LogP contribution in [0.2, 0.25) is 0 Å². The van der Waals surface area contributed by atoms with Gasteiger partial charge in [0, 0.05) is 81.6 Å². The van der Waals surface area contributed by atoms with Gasteiger partial charge in [0.15, 0.2) is 11.6 Å². The lowest BCUT2D eigenvalue weighted by molar-refractivity contribution is 0.953. The summed E-state index contributed by atoms with van der Waals surface area (Å²) in [4.78, 5) is 34.7. The van der Waals surface area contributed by atoms with E-state index in [2.05, 4.69) is 159 Å². The standard InChI is InChI=1S/C64H40N8S2/c1-3-15-42(16-4-1)62-68-63(43-17-5-2-6-18-43)70-64(69-62)72-55-32-29-47(37-51(55)61-56(72)38-46-19-7-8-26-54(46)67-61)58-40-60-59(74-58)39-57(73-60)41-27-30-48(31-28-41)71(49-22-13-20-44(35-49)52-24-9-11-33-65-52)50-23-14-21-45(36-50)53-25-10-12-34-66-53/h1-40H. The molecular formula is C64H40N8S2. The Balaban J connectivity index is 0.827. The maximum atomic E-state index is 5.32. The molecule has 8 nitrogen and oxygen atoms in total. The van der Waals surface area contributed by atoms with E-state index >= 15 is 0 Å². The smallest absolute Gasteiger partial charge is 0.238 e. The van der Waals surface area contributed by atoms with Gasteiger partial charge in [-0.1, -0.05) is 133 Å². The van der Waals surface area contributed by atoms with Crippen molar-refractivity contribution in [3.8, 4) is 72.1 Å². The fourth-order valence-corrected chi connectivity index (χ4v) is 12.2. The molecule has 0 fully saturated rings. The predicted molar refractivity (Wildman–Crippen MR) is 306 cm³/mol. The minimum Gasteiger partial charge on any atom is -0.310 e. The summed E-state index contributed by atoms with van der Waals surface area (Å²) in [6.45, 7) is 0. The number of rotatable bonds is 10. The molecule has 7 heterocycles. The third kappa shape index (κ3) is 7.95. The first-order chi connectivity index (χ1) is 36.6. The second-order valence-corrected chi connectivity index (χ2v) is 20.2. The van der Waals surface area contributed by atoms with Crippen LogP contribution in [-0.2, 0) is 0 Å². The summed E-state index contributed by atoms with van der Waals surface area (Å²) in [5.41, 5.74) is 15.0. The van der Waals surface area contributed by atoms with E-state index in [0.29, 0.717) is 17.6 Å². The van der Waals surface area contributed by atoms with Gasteiger partial charge in [-0.05, 0) is 108 Å². The monoisotopic (exact) mass is 984 g/mol. The molecule has 14 aromatic rings. The number of aromatic nitrogens is 7. The Morgan fingerprint density at radius 3 is 1.53 bits per heavy atom. The van der Waals surface area contributed by atoms with Crippen molar-refractivity contribution in [2.75, 3.05) is 4.90 Å². The van der Waals surface area contributed by atoms with Crippen molar-refractivity contribution < 1.29 is 0 Å². The number of fused-ring (bicyclic) bond motifs is 5. The van der Waals surface area contributed by atoms with Crippen LogP contribution in [0.3, 0.4) is 0 Å². The summed E-state index contributed by atoms with van der Waals surface area (Å²) in [7, 11) is 0. The Bertz CT molecular complexity index is 4190. The molecule has 7 aromatic carbocycles. The summed E-state index contributed by atoms with van der Waals surface area (Å²) in [6, 6.07) is 80.2. The molecule has 0 atom stereocenters. The SMILES string of the molecule is c1ccc(-c2nc(-c3ccccc3)nc(-n3c4ccc(-c5cc6sc(-c7ccc(N(c8cccc(-c9ccccn9)c8)c8cccc(-c9ccccn9)c8)cc7)cc6s5)cc4c4nc5ccccc5cc43)n2)cc1. The molecule has 0 aliphatic rings. The van der Waals surface area contributed by atoms with Gasteiger partial charge in [-0.15, -0.1) is 22.7 Å². The van der Waals surface area contributed by atoms with Gasteiger partial charge in [-0.25, -0.2) is 9.97 Å². The second-order valence-electron chi connectivity index (χ2n) is 18.0. The minimum absolute atomic E-state index is 0.539. The number of para-hydroxylation sites is 1. The first-order valence-corrected chi connectivity index (χ1v) is 26.0. The van der Waals surface area contributed by atoms with Crippen LogP contribution in [0.25, 0.3) is 114 Å². The van der Waals surface area contributed by atoms with Gasteiger partial charge in [-0.3, -0.25) is 14.5 Å². The van der Waals surface area contributed by atoms with Gasteiger partial charge in [0.1, 0.15) is 0 Å². The maximum Gasteiger partial charge on any atom is 0.238 e. The summed E-state index contributed by atoms with van der Waals surface area (Å²) < 4.78 is 4.65. The highest BCUT2D eigenvalue weighted by atomic mass is 32.1. The first-order valence-electron chi connectivity index (χ1n) is 24.3. The molecule has 348 valence electrons. The van der Waals surface area contributed by atoms with Crippen molar-refractivity contribution in [2.45, 2.75) is 0 Å². The van der Waals surface area contributed by atoms with Crippen LogP contribution in [0, 0.1) is 0 Å². The Kier molecular flexibility index (Phi) is 10.7. The van der Waals surface area contributed by atoms with Crippen LogP contribution in [0.15, 0.2) is 243 Å². The predicted octanol–water partition coefficient (Wildman–Crippen LogP) is 17.1. The number of anilines is 3. The van der Waals surface area contributed by atoms with Crippen molar-refractivity contribution >= 4 is 82.0 Å². The first kappa shape index (κ1) is 43.3. The number of hydrogen-bond donors (Lipinski definition) is 0. The minimum atomic E-state index is 0.539. The summed E-state index contributed by atoms with van der Waals surface area (Å²) in [6.07, 6.45) is 3.68. The second kappa shape index (κ2) is 18.3. The van der Waals surface area contributed by atoms with Gasteiger partial charge in [0.05, 0.1) is 33.5 Å². The van der Waals surface area contributed by atoms with E-state index in [-0.39, 0.29) is 0 Å². The fraction of sp³-hybridized carbons (Fsp3) is 0. The third-order valence-corrected chi connectivity index (χ3v) is 15.7. The fourth-order valence-electron chi connectivity index (χ4n) is 9.81. The highest BCUT2D eigenvalue weighted by Gasteiger charge is 2.22. The number of thiophene rings is 2. The van der Waals surface area contributed by atoms with Crippen molar-refractivity contribution in [1.29, 1.82) is 0 Å². The van der Waals surface area contributed by atoms with E-state index in [1.807, 2.05) is 126 Å². The number of pyridine rings is 3. The highest BCUT2D eigenvalue weighted by molar-refractivity contribution is 7.31. The van der Waals surface area contributed by atoms with E-state index < -0.39 is 0 Å². The van der Waals surface area contributed by atoms with E-state index in [0.717, 1.165) is 89.1 Å². The average molecular weight is 985 g/mol. The van der Waals surface area contributed by atoms with Gasteiger partial charge in [0.2, 0.25) is 5.95 Å². The molecule has 0 bridgehead atoms. The molecule has 10 heteroatoms. The molecule has 74 heavy (non-hydrogen) atoms. The summed E-state index contributed by atoms with van der Waals surface area (Å²) in [5, 5.41) is 2.08. The molecule has 0 saturated carbocycles. The molecule has 14 rings (SSSR count). The van der Waals surface area contributed by atoms with Gasteiger partial charge in [-0.2, -0.15) is 9.97 Å². The van der Waals surface area contributed by atoms with Crippen LogP contribution in [0.5, 0.6) is 0 Å². The molecule has 0 spiro atoms. The van der Waals surface area contributed by atoms with Crippen molar-refractivity contribution in [2.24, 2.45) is 0 Å². The highest BCUT2D eigenvalue weighted by Crippen LogP contribution is 2.45. The zero-order chi connectivity index (χ0) is 49.0. The third-order valence-electron chi connectivity index (χ3n) is 13.4. The number of hydrogen-bond acceptors (Lipinski definition) is 9. The summed E-state index contributed by atoms with van der Waals surface area (Å²) in [5.74, 6) is 1.75. The Hall–Kier alpha value is -9.48. The maximum absolute atomic E-state index is 5.32. The van der Waals surface area contributed by atoms with Gasteiger partial charge >= 0.3 is 0 Å². The molecule has 0 N–H and O–H groups in total. The molecule has 0 saturated heterocycles. The molecule has 0 aliphatic heterocycles. The van der Waals surface area contributed by atoms with Gasteiger partial charge in [0.25, 0.3) is 0 Å². The zero-order valence-corrected chi connectivity index (χ0v) is 41.1. The summed E-state index contributed by atoms with van der Waals surface area (Å²) >= 11 is 3.64. The van der Waals surface area contributed by atoms with Crippen LogP contribution in [0.4, 0.5) is 17.1 Å². The Morgan fingerprint density at radius 1 is 0.365 bits per heavy atom. The van der Waals surface area contributed by atoms with Crippen LogP contribution < -0.4 is 4.90 Å². The zero-order valence-electron chi connectivity index (χ0n) is 39.5. The van der Waals surface area contributed by atoms with E-state index in [1.165, 1.54) is 24.7 Å². The van der Waals surface area contributed by atoms with Crippen molar-refractivity contribution in [1.82, 2.24) is 34.5 Å². The molecule has 0 aliphatic carbocycles. The number of benzene rings is 7. The molecule has 0 radical (unpaired) electrons. The van der Waals surface area contributed by atoms with Crippen molar-refractivity contribution in [3.05, 3.63) is 243 Å². The average Bonchev–Trinajstić information content (AvgIpc) is 4.16. The normalized spacial score (nSPS) is 11.5. The lowest BCUT2D eigenvalue weighted by Crippen LogP contribution is -2.10. The van der Waals surface area contributed by atoms with E-state index in [1.54, 1.807) is 0 Å². The van der Waals surface area contributed by atoms with E-state index in [4.69, 9.17) is 19.9 Å². The topological polar surface area (TPSA) is 85.5 Å². The van der Waals surface area contributed by atoms with Crippen molar-refractivity contribution in [3.63, 3.8) is 0 Å².